The van der Waals surface area contributed by atoms with E-state index in [0.717, 1.165) is 11.3 Å². The molecule has 1 aromatic rings. The summed E-state index contributed by atoms with van der Waals surface area (Å²) >= 11 is 1.83. The predicted molar refractivity (Wildman–Crippen MR) is 61.4 cm³/mol. The average molecular weight is 306 g/mol. The van der Waals surface area contributed by atoms with E-state index >= 15 is 0 Å². The van der Waals surface area contributed by atoms with Gasteiger partial charge in [-0.05, 0) is 24.1 Å². The topological polar surface area (TPSA) is 35.5 Å². The highest BCUT2D eigenvalue weighted by Crippen LogP contribution is 2.15. The van der Waals surface area contributed by atoms with Crippen LogP contribution in [0, 0.1) is 0 Å². The van der Waals surface area contributed by atoms with Gasteiger partial charge in [0.25, 0.3) is 0 Å². The average Bonchev–Trinajstić information content (AvgIpc) is 2.26. The van der Waals surface area contributed by atoms with Crippen LogP contribution in [0.1, 0.15) is 12.0 Å². The van der Waals surface area contributed by atoms with Crippen molar-refractivity contribution in [2.45, 2.75) is 12.8 Å². The smallest absolute Gasteiger partial charge is 0.305 e. The first-order valence-electron chi connectivity index (χ1n) is 4.20. The molecule has 76 valence electrons. The fourth-order valence-corrected chi connectivity index (χ4v) is 1.35. The molecule has 0 amide bonds. The maximum atomic E-state index is 10.9. The van der Waals surface area contributed by atoms with E-state index in [-0.39, 0.29) is 5.97 Å². The molecule has 0 spiro atoms. The van der Waals surface area contributed by atoms with E-state index in [4.69, 9.17) is 3.07 Å². The Bertz CT molecular complexity index is 295. The molecule has 0 saturated carbocycles. The van der Waals surface area contributed by atoms with Crippen molar-refractivity contribution in [2.75, 3.05) is 7.11 Å². The summed E-state index contributed by atoms with van der Waals surface area (Å²) in [6.07, 6.45) is 1.12. The van der Waals surface area contributed by atoms with Crippen LogP contribution in [0.25, 0.3) is 0 Å². The molecule has 0 unspecified atom stereocenters. The number of aryl methyl sites for hydroxylation is 1. The van der Waals surface area contributed by atoms with Gasteiger partial charge in [0.1, 0.15) is 5.75 Å². The zero-order chi connectivity index (χ0) is 10.4. The van der Waals surface area contributed by atoms with Gasteiger partial charge in [-0.25, -0.2) is 0 Å². The summed E-state index contributed by atoms with van der Waals surface area (Å²) in [5.74, 6) is 0.631. The van der Waals surface area contributed by atoms with Gasteiger partial charge in [-0.15, -0.1) is 0 Å². The SMILES string of the molecule is COC(=O)CCc1ccc(OI)cc1. The fourth-order valence-electron chi connectivity index (χ4n) is 1.06. The normalized spacial score (nSPS) is 9.57. The maximum absolute atomic E-state index is 10.9. The van der Waals surface area contributed by atoms with Crippen LogP contribution in [0.15, 0.2) is 24.3 Å². The Morgan fingerprint density at radius 2 is 2.00 bits per heavy atom. The van der Waals surface area contributed by atoms with Gasteiger partial charge in [-0.1, -0.05) is 12.1 Å². The molecule has 1 aromatic carbocycles. The third-order valence-corrected chi connectivity index (χ3v) is 2.37. The Morgan fingerprint density at radius 3 is 2.50 bits per heavy atom. The number of benzene rings is 1. The first-order valence-corrected chi connectivity index (χ1v) is 5.08. The largest absolute Gasteiger partial charge is 0.469 e. The van der Waals surface area contributed by atoms with Gasteiger partial charge in [0.05, 0.1) is 7.11 Å². The summed E-state index contributed by atoms with van der Waals surface area (Å²) in [5, 5.41) is 0. The third-order valence-electron chi connectivity index (χ3n) is 1.86. The molecule has 0 saturated heterocycles. The summed E-state index contributed by atoms with van der Waals surface area (Å²) < 4.78 is 9.55. The molecule has 0 aliphatic heterocycles. The highest BCUT2D eigenvalue weighted by Gasteiger charge is 2.01. The number of halogens is 1. The van der Waals surface area contributed by atoms with Crippen LogP contribution in [-0.2, 0) is 16.0 Å². The Balaban J connectivity index is 2.47. The van der Waals surface area contributed by atoms with E-state index in [2.05, 4.69) is 4.74 Å². The second kappa shape index (κ2) is 5.85. The third kappa shape index (κ3) is 3.53. The molecule has 0 N–H and O–H groups in total. The first kappa shape index (κ1) is 11.3. The minimum absolute atomic E-state index is 0.181. The van der Waals surface area contributed by atoms with Crippen molar-refractivity contribution in [3.8, 4) is 5.75 Å². The van der Waals surface area contributed by atoms with Crippen molar-refractivity contribution in [1.82, 2.24) is 0 Å². The van der Waals surface area contributed by atoms with E-state index in [1.807, 2.05) is 47.3 Å². The van der Waals surface area contributed by atoms with E-state index < -0.39 is 0 Å². The molecular weight excluding hydrogens is 295 g/mol. The van der Waals surface area contributed by atoms with Gasteiger partial charge in [0, 0.05) is 6.42 Å². The van der Waals surface area contributed by atoms with Crippen LogP contribution < -0.4 is 3.07 Å². The molecule has 4 heteroatoms. The van der Waals surface area contributed by atoms with E-state index in [9.17, 15) is 4.79 Å². The molecule has 0 radical (unpaired) electrons. The van der Waals surface area contributed by atoms with E-state index in [1.54, 1.807) is 0 Å². The quantitative estimate of drug-likeness (QED) is 0.633. The molecular formula is C10H11IO3. The van der Waals surface area contributed by atoms with E-state index in [0.29, 0.717) is 12.8 Å². The van der Waals surface area contributed by atoms with Crippen molar-refractivity contribution in [3.05, 3.63) is 29.8 Å². The summed E-state index contributed by atoms with van der Waals surface area (Å²) in [7, 11) is 1.40. The van der Waals surface area contributed by atoms with Crippen molar-refractivity contribution in [3.63, 3.8) is 0 Å². The lowest BCUT2D eigenvalue weighted by Crippen LogP contribution is -2.01. The number of esters is 1. The molecule has 3 nitrogen and oxygen atoms in total. The number of carbonyl (C=O) groups is 1. The highest BCUT2D eigenvalue weighted by atomic mass is 127. The van der Waals surface area contributed by atoms with Crippen LogP contribution >= 0.6 is 23.0 Å². The molecule has 0 heterocycles. The zero-order valence-corrected chi connectivity index (χ0v) is 9.98. The Hall–Kier alpha value is -0.780. The summed E-state index contributed by atoms with van der Waals surface area (Å²) in [6, 6.07) is 7.63. The maximum Gasteiger partial charge on any atom is 0.305 e. The van der Waals surface area contributed by atoms with Gasteiger partial charge < -0.3 is 7.80 Å². The molecule has 0 atom stereocenters. The summed E-state index contributed by atoms with van der Waals surface area (Å²) in [6.45, 7) is 0. The number of hydrogen-bond donors (Lipinski definition) is 0. The van der Waals surface area contributed by atoms with Crippen molar-refractivity contribution in [2.24, 2.45) is 0 Å². The Kier molecular flexibility index (Phi) is 4.72. The molecule has 0 aromatic heterocycles. The number of rotatable bonds is 4. The van der Waals surface area contributed by atoms with E-state index in [1.165, 1.54) is 7.11 Å². The van der Waals surface area contributed by atoms with Crippen LogP contribution in [0.4, 0.5) is 0 Å². The molecule has 0 aliphatic carbocycles. The Morgan fingerprint density at radius 1 is 1.36 bits per heavy atom. The number of ether oxygens (including phenoxy) is 1. The Labute approximate surface area is 97.1 Å². The van der Waals surface area contributed by atoms with Crippen LogP contribution in [-0.4, -0.2) is 13.1 Å². The highest BCUT2D eigenvalue weighted by molar-refractivity contribution is 14.1. The number of methoxy groups -OCH3 is 1. The minimum atomic E-state index is -0.181. The standard InChI is InChI=1S/C10H11IO3/c1-13-10(12)7-4-8-2-5-9(14-11)6-3-8/h2-3,5-6H,4,7H2,1H3. The van der Waals surface area contributed by atoms with Gasteiger partial charge in [-0.3, -0.25) is 4.79 Å². The zero-order valence-electron chi connectivity index (χ0n) is 7.83. The lowest BCUT2D eigenvalue weighted by Gasteiger charge is -2.01. The van der Waals surface area contributed by atoms with Crippen LogP contribution in [0.3, 0.4) is 0 Å². The second-order valence-corrected chi connectivity index (χ2v) is 3.24. The van der Waals surface area contributed by atoms with Crippen molar-refractivity contribution in [1.29, 1.82) is 0 Å². The first-order chi connectivity index (χ1) is 6.76. The molecule has 0 bridgehead atoms. The molecule has 0 fully saturated rings. The van der Waals surface area contributed by atoms with Gasteiger partial charge in [0.2, 0.25) is 0 Å². The minimum Gasteiger partial charge on any atom is -0.469 e. The van der Waals surface area contributed by atoms with Crippen molar-refractivity contribution >= 4 is 29.0 Å². The molecule has 14 heavy (non-hydrogen) atoms. The van der Waals surface area contributed by atoms with Crippen LogP contribution in [0.2, 0.25) is 0 Å². The predicted octanol–water partition coefficient (Wildman–Crippen LogP) is 2.52. The summed E-state index contributed by atoms with van der Waals surface area (Å²) in [5.41, 5.74) is 1.10. The van der Waals surface area contributed by atoms with Gasteiger partial charge >= 0.3 is 5.97 Å². The van der Waals surface area contributed by atoms with Crippen LogP contribution in [0.5, 0.6) is 5.75 Å². The number of carbonyl (C=O) groups excluding carboxylic acids is 1. The van der Waals surface area contributed by atoms with Gasteiger partial charge in [0.15, 0.2) is 23.0 Å². The fraction of sp³-hybridized carbons (Fsp3) is 0.300. The lowest BCUT2D eigenvalue weighted by molar-refractivity contribution is -0.140. The molecule has 1 rings (SSSR count). The lowest BCUT2D eigenvalue weighted by atomic mass is 10.1. The van der Waals surface area contributed by atoms with Crippen molar-refractivity contribution < 1.29 is 12.6 Å². The second-order valence-electron chi connectivity index (χ2n) is 2.80. The molecule has 0 aliphatic rings. The number of hydrogen-bond acceptors (Lipinski definition) is 3. The monoisotopic (exact) mass is 306 g/mol. The van der Waals surface area contributed by atoms with Gasteiger partial charge in [-0.2, -0.15) is 0 Å². The summed E-state index contributed by atoms with van der Waals surface area (Å²) in [4.78, 5) is 10.9.